The number of hydrogen-bond acceptors (Lipinski definition) is 6. The molecule has 22 heavy (non-hydrogen) atoms. The molecule has 0 aliphatic rings. The second-order valence-electron chi connectivity index (χ2n) is 4.04. The molecule has 2 rings (SSSR count). The van der Waals surface area contributed by atoms with Crippen LogP contribution in [0.1, 0.15) is 20.2 Å². The molecule has 0 aliphatic carbocycles. The number of thioether (sulfide) groups is 1. The summed E-state index contributed by atoms with van der Waals surface area (Å²) in [5.41, 5.74) is 0.130. The fraction of sp³-hybridized carbons (Fsp3) is 0.231. The molecule has 0 unspecified atom stereocenters. The molecule has 0 saturated carbocycles. The zero-order chi connectivity index (χ0) is 15.9. The van der Waals surface area contributed by atoms with Crippen LogP contribution in [0.4, 0.5) is 0 Å². The van der Waals surface area contributed by atoms with Gasteiger partial charge in [0.05, 0.1) is 16.1 Å². The Morgan fingerprint density at radius 3 is 2.68 bits per heavy atom. The summed E-state index contributed by atoms with van der Waals surface area (Å²) in [5.74, 6) is -0.554. The van der Waals surface area contributed by atoms with E-state index in [0.29, 0.717) is 16.6 Å². The summed E-state index contributed by atoms with van der Waals surface area (Å²) in [5, 5.41) is 7.87. The number of nitrogens with zero attached hydrogens (tertiary/aromatic N) is 2. The molecule has 0 radical (unpaired) electrons. The van der Waals surface area contributed by atoms with Gasteiger partial charge < -0.3 is 10.6 Å². The molecule has 116 valence electrons. The zero-order valence-corrected chi connectivity index (χ0v) is 14.0. The molecule has 0 bridgehead atoms. The summed E-state index contributed by atoms with van der Waals surface area (Å²) in [6.45, 7) is 0.603. The van der Waals surface area contributed by atoms with E-state index >= 15 is 0 Å². The Bertz CT molecular complexity index is 664. The maximum absolute atomic E-state index is 12.0. The minimum absolute atomic E-state index is 0.130. The van der Waals surface area contributed by atoms with E-state index in [9.17, 15) is 9.59 Å². The number of rotatable bonds is 6. The zero-order valence-electron chi connectivity index (χ0n) is 11.6. The predicted molar refractivity (Wildman–Crippen MR) is 87.8 cm³/mol. The average Bonchev–Trinajstić information content (AvgIpc) is 3.06. The Hall–Kier alpha value is -1.64. The highest BCUT2D eigenvalue weighted by Gasteiger charge is 2.13. The van der Waals surface area contributed by atoms with Gasteiger partial charge in [-0.05, 0) is 17.7 Å². The number of carbonyl (C=O) groups excluding carboxylic acids is 2. The van der Waals surface area contributed by atoms with Gasteiger partial charge in [-0.3, -0.25) is 9.59 Å². The number of nitrogens with one attached hydrogen (secondary N) is 2. The summed E-state index contributed by atoms with van der Waals surface area (Å²) >= 11 is 8.60. The largest absolute Gasteiger partial charge is 0.350 e. The van der Waals surface area contributed by atoms with Crippen LogP contribution in [0.25, 0.3) is 0 Å². The number of aromatic nitrogens is 2. The first-order chi connectivity index (χ1) is 10.6. The third-order valence-corrected chi connectivity index (χ3v) is 4.27. The summed E-state index contributed by atoms with van der Waals surface area (Å²) in [6, 6.07) is 3.55. The number of carbonyl (C=O) groups is 2. The fourth-order valence-corrected chi connectivity index (χ4v) is 2.70. The lowest BCUT2D eigenvalue weighted by Crippen LogP contribution is -2.35. The van der Waals surface area contributed by atoms with E-state index in [0.717, 1.165) is 0 Å². The molecule has 0 aliphatic heterocycles. The van der Waals surface area contributed by atoms with Crippen molar-refractivity contribution in [2.45, 2.75) is 5.16 Å². The van der Waals surface area contributed by atoms with Crippen LogP contribution in [-0.4, -0.2) is 41.1 Å². The van der Waals surface area contributed by atoms with Crippen molar-refractivity contribution in [2.75, 3.05) is 19.3 Å². The molecule has 6 nitrogen and oxygen atoms in total. The second-order valence-corrected chi connectivity index (χ2v) is 6.17. The van der Waals surface area contributed by atoms with Crippen molar-refractivity contribution in [2.24, 2.45) is 0 Å². The lowest BCUT2D eigenvalue weighted by atomic mass is 10.3. The minimum atomic E-state index is -0.395. The Morgan fingerprint density at radius 1 is 1.32 bits per heavy atom. The molecule has 0 fully saturated rings. The average molecular weight is 357 g/mol. The normalized spacial score (nSPS) is 10.3. The number of hydrogen-bond donors (Lipinski definition) is 2. The van der Waals surface area contributed by atoms with Crippen LogP contribution >= 0.6 is 34.7 Å². The van der Waals surface area contributed by atoms with Gasteiger partial charge in [-0.25, -0.2) is 9.97 Å². The quantitative estimate of drug-likeness (QED) is 0.470. The summed E-state index contributed by atoms with van der Waals surface area (Å²) < 4.78 is 0. The SMILES string of the molecule is CSc1ncc(Cl)c(C(=O)NCCNC(=O)c2cccs2)n1. The van der Waals surface area contributed by atoms with E-state index in [2.05, 4.69) is 20.6 Å². The van der Waals surface area contributed by atoms with Gasteiger partial charge in [0.15, 0.2) is 10.9 Å². The first-order valence-electron chi connectivity index (χ1n) is 6.28. The lowest BCUT2D eigenvalue weighted by Gasteiger charge is -2.07. The van der Waals surface area contributed by atoms with Crippen LogP contribution in [0.2, 0.25) is 5.02 Å². The predicted octanol–water partition coefficient (Wildman–Crippen LogP) is 2.07. The third-order valence-electron chi connectivity index (χ3n) is 2.56. The van der Waals surface area contributed by atoms with Crippen LogP contribution in [-0.2, 0) is 0 Å². The van der Waals surface area contributed by atoms with Crippen molar-refractivity contribution < 1.29 is 9.59 Å². The van der Waals surface area contributed by atoms with Gasteiger partial charge in [-0.2, -0.15) is 0 Å². The van der Waals surface area contributed by atoms with Crippen molar-refractivity contribution in [3.63, 3.8) is 0 Å². The lowest BCUT2D eigenvalue weighted by molar-refractivity contribution is 0.0926. The number of thiophene rings is 1. The van der Waals surface area contributed by atoms with E-state index in [-0.39, 0.29) is 23.2 Å². The van der Waals surface area contributed by atoms with Crippen molar-refractivity contribution in [3.8, 4) is 0 Å². The molecule has 2 N–H and O–H groups in total. The maximum Gasteiger partial charge on any atom is 0.271 e. The summed E-state index contributed by atoms with van der Waals surface area (Å²) in [4.78, 5) is 32.4. The van der Waals surface area contributed by atoms with E-state index in [1.54, 1.807) is 6.07 Å². The highest BCUT2D eigenvalue weighted by molar-refractivity contribution is 7.98. The smallest absolute Gasteiger partial charge is 0.271 e. The summed E-state index contributed by atoms with van der Waals surface area (Å²) in [7, 11) is 0. The van der Waals surface area contributed by atoms with Crippen LogP contribution in [0.3, 0.4) is 0 Å². The van der Waals surface area contributed by atoms with Gasteiger partial charge >= 0.3 is 0 Å². The molecule has 2 amide bonds. The van der Waals surface area contributed by atoms with Gasteiger partial charge in [0.1, 0.15) is 0 Å². The van der Waals surface area contributed by atoms with Crippen molar-refractivity contribution in [1.29, 1.82) is 0 Å². The Labute approximate surface area is 140 Å². The third kappa shape index (κ3) is 4.43. The molecular weight excluding hydrogens is 344 g/mol. The van der Waals surface area contributed by atoms with E-state index in [1.165, 1.54) is 29.3 Å². The van der Waals surface area contributed by atoms with Crippen molar-refractivity contribution >= 4 is 46.5 Å². The molecule has 9 heteroatoms. The summed E-state index contributed by atoms with van der Waals surface area (Å²) in [6.07, 6.45) is 3.21. The van der Waals surface area contributed by atoms with Gasteiger partial charge in [0.2, 0.25) is 0 Å². The molecule has 2 heterocycles. The topological polar surface area (TPSA) is 84.0 Å². The van der Waals surface area contributed by atoms with Crippen LogP contribution < -0.4 is 10.6 Å². The van der Waals surface area contributed by atoms with Crippen LogP contribution in [0.15, 0.2) is 28.9 Å². The van der Waals surface area contributed by atoms with Gasteiger partial charge in [-0.15, -0.1) is 11.3 Å². The molecule has 0 saturated heterocycles. The highest BCUT2D eigenvalue weighted by Crippen LogP contribution is 2.16. The van der Waals surface area contributed by atoms with Crippen LogP contribution in [0.5, 0.6) is 0 Å². The molecule has 0 atom stereocenters. The van der Waals surface area contributed by atoms with Crippen molar-refractivity contribution in [3.05, 3.63) is 39.3 Å². The van der Waals surface area contributed by atoms with E-state index < -0.39 is 5.91 Å². The van der Waals surface area contributed by atoms with Gasteiger partial charge in [0, 0.05) is 13.1 Å². The molecular formula is C13H13ClN4O2S2. The Balaban J connectivity index is 1.82. The molecule has 0 spiro atoms. The van der Waals surface area contributed by atoms with Gasteiger partial charge in [0.25, 0.3) is 11.8 Å². The fourth-order valence-electron chi connectivity index (χ4n) is 1.54. The molecule has 0 aromatic carbocycles. The van der Waals surface area contributed by atoms with E-state index in [1.807, 2.05) is 17.7 Å². The number of halogens is 1. The van der Waals surface area contributed by atoms with Crippen LogP contribution in [0, 0.1) is 0 Å². The van der Waals surface area contributed by atoms with E-state index in [4.69, 9.17) is 11.6 Å². The Kier molecular flexibility index (Phi) is 6.17. The first kappa shape index (κ1) is 16.7. The minimum Gasteiger partial charge on any atom is -0.350 e. The standard InChI is InChI=1S/C13H13ClN4O2S2/c1-21-13-17-7-8(14)10(18-13)12(20)16-5-4-15-11(19)9-3-2-6-22-9/h2-3,6-7H,4-5H2,1H3,(H,15,19)(H,16,20). The first-order valence-corrected chi connectivity index (χ1v) is 8.76. The second kappa shape index (κ2) is 8.11. The Morgan fingerprint density at radius 2 is 2.05 bits per heavy atom. The molecule has 2 aromatic rings. The van der Waals surface area contributed by atoms with Crippen molar-refractivity contribution in [1.82, 2.24) is 20.6 Å². The highest BCUT2D eigenvalue weighted by atomic mass is 35.5. The molecule has 2 aromatic heterocycles. The number of amides is 2. The monoisotopic (exact) mass is 356 g/mol. The maximum atomic E-state index is 12.0. The van der Waals surface area contributed by atoms with Gasteiger partial charge in [-0.1, -0.05) is 29.4 Å².